The smallest absolute Gasteiger partial charge is 0.410 e. The van der Waals surface area contributed by atoms with E-state index in [2.05, 4.69) is 0 Å². The number of hydrogen-bond donors (Lipinski definition) is 0. The summed E-state index contributed by atoms with van der Waals surface area (Å²) in [4.78, 5) is 24.8. The Morgan fingerprint density at radius 3 is 2.23 bits per heavy atom. The number of ether oxygens (including phenoxy) is 5. The zero-order valence-electron chi connectivity index (χ0n) is 16.5. The van der Waals surface area contributed by atoms with Crippen molar-refractivity contribution in [2.75, 3.05) is 52.7 Å². The van der Waals surface area contributed by atoms with Crippen LogP contribution < -0.4 is 0 Å². The first-order valence-electron chi connectivity index (χ1n) is 9.22. The molecule has 1 rings (SSSR count). The SMILES string of the molecule is CCOC(=O)COCCOCCOC1CCN(C(=O)OC(C)(C)C)CC1. The van der Waals surface area contributed by atoms with Crippen molar-refractivity contribution in [2.24, 2.45) is 0 Å². The predicted molar refractivity (Wildman–Crippen MR) is 95.1 cm³/mol. The molecule has 0 aromatic carbocycles. The van der Waals surface area contributed by atoms with Crippen LogP contribution in [-0.4, -0.2) is 81.4 Å². The van der Waals surface area contributed by atoms with Gasteiger partial charge < -0.3 is 28.6 Å². The van der Waals surface area contributed by atoms with E-state index in [9.17, 15) is 9.59 Å². The molecule has 0 N–H and O–H groups in total. The maximum Gasteiger partial charge on any atom is 0.410 e. The molecule has 1 aliphatic heterocycles. The molecule has 8 nitrogen and oxygen atoms in total. The van der Waals surface area contributed by atoms with Crippen LogP contribution in [0.25, 0.3) is 0 Å². The Morgan fingerprint density at radius 2 is 1.62 bits per heavy atom. The Morgan fingerprint density at radius 1 is 1.00 bits per heavy atom. The third-order valence-electron chi connectivity index (χ3n) is 3.57. The molecular weight excluding hydrogens is 342 g/mol. The molecule has 152 valence electrons. The second kappa shape index (κ2) is 12.1. The van der Waals surface area contributed by atoms with E-state index in [0.717, 1.165) is 12.8 Å². The van der Waals surface area contributed by atoms with Crippen LogP contribution in [0.5, 0.6) is 0 Å². The van der Waals surface area contributed by atoms with Crippen molar-refractivity contribution in [3.8, 4) is 0 Å². The van der Waals surface area contributed by atoms with E-state index in [4.69, 9.17) is 23.7 Å². The normalized spacial score (nSPS) is 15.8. The van der Waals surface area contributed by atoms with Gasteiger partial charge in [-0.3, -0.25) is 0 Å². The van der Waals surface area contributed by atoms with Crippen molar-refractivity contribution in [1.29, 1.82) is 0 Å². The number of amides is 1. The van der Waals surface area contributed by atoms with Crippen LogP contribution in [-0.2, 0) is 28.5 Å². The maximum absolute atomic E-state index is 12.0. The van der Waals surface area contributed by atoms with E-state index in [0.29, 0.717) is 46.1 Å². The van der Waals surface area contributed by atoms with Gasteiger partial charge in [0.25, 0.3) is 0 Å². The summed E-state index contributed by atoms with van der Waals surface area (Å²) in [5.41, 5.74) is -0.470. The number of nitrogens with zero attached hydrogens (tertiary/aromatic N) is 1. The number of likely N-dealkylation sites (tertiary alicyclic amines) is 1. The number of carbonyl (C=O) groups is 2. The molecule has 26 heavy (non-hydrogen) atoms. The van der Waals surface area contributed by atoms with Crippen LogP contribution in [0.3, 0.4) is 0 Å². The van der Waals surface area contributed by atoms with Gasteiger partial charge in [-0.15, -0.1) is 0 Å². The topological polar surface area (TPSA) is 83.5 Å². The van der Waals surface area contributed by atoms with Crippen LogP contribution in [0.2, 0.25) is 0 Å². The van der Waals surface area contributed by atoms with E-state index < -0.39 is 5.60 Å². The quantitative estimate of drug-likeness (QED) is 0.426. The first-order valence-corrected chi connectivity index (χ1v) is 9.22. The molecule has 0 atom stereocenters. The van der Waals surface area contributed by atoms with Gasteiger partial charge in [-0.05, 0) is 40.5 Å². The summed E-state index contributed by atoms with van der Waals surface area (Å²) in [6.45, 7) is 10.6. The number of esters is 1. The summed E-state index contributed by atoms with van der Waals surface area (Å²) < 4.78 is 26.4. The molecule has 0 aliphatic carbocycles. The Balaban J connectivity index is 1.99. The van der Waals surface area contributed by atoms with Gasteiger partial charge >= 0.3 is 12.1 Å². The highest BCUT2D eigenvalue weighted by Gasteiger charge is 2.27. The van der Waals surface area contributed by atoms with Gasteiger partial charge in [0, 0.05) is 13.1 Å². The predicted octanol–water partition coefficient (Wildman–Crippen LogP) is 2.00. The molecule has 0 radical (unpaired) electrons. The number of carbonyl (C=O) groups excluding carboxylic acids is 2. The summed E-state index contributed by atoms with van der Waals surface area (Å²) in [6.07, 6.45) is 1.46. The molecule has 0 aromatic rings. The van der Waals surface area contributed by atoms with Gasteiger partial charge in [-0.1, -0.05) is 0 Å². The first kappa shape index (κ1) is 22.7. The molecule has 1 fully saturated rings. The third-order valence-corrected chi connectivity index (χ3v) is 3.57. The average molecular weight is 375 g/mol. The molecule has 0 spiro atoms. The zero-order chi connectivity index (χ0) is 19.4. The molecule has 0 unspecified atom stereocenters. The zero-order valence-corrected chi connectivity index (χ0v) is 16.5. The van der Waals surface area contributed by atoms with Crippen molar-refractivity contribution >= 4 is 12.1 Å². The second-order valence-corrected chi connectivity index (χ2v) is 7.01. The summed E-state index contributed by atoms with van der Waals surface area (Å²) in [6, 6.07) is 0. The van der Waals surface area contributed by atoms with Crippen LogP contribution in [0.4, 0.5) is 4.79 Å². The van der Waals surface area contributed by atoms with Crippen molar-refractivity contribution in [3.05, 3.63) is 0 Å². The van der Waals surface area contributed by atoms with Gasteiger partial charge in [0.2, 0.25) is 0 Å². The minimum atomic E-state index is -0.470. The van der Waals surface area contributed by atoms with E-state index in [1.165, 1.54) is 0 Å². The van der Waals surface area contributed by atoms with E-state index in [-0.39, 0.29) is 24.8 Å². The summed E-state index contributed by atoms with van der Waals surface area (Å²) in [5, 5.41) is 0. The van der Waals surface area contributed by atoms with Crippen LogP contribution >= 0.6 is 0 Å². The highest BCUT2D eigenvalue weighted by atomic mass is 16.6. The molecule has 1 saturated heterocycles. The standard InChI is InChI=1S/C18H33NO7/c1-5-24-16(20)14-23-11-10-22-12-13-25-15-6-8-19(9-7-15)17(21)26-18(2,3)4/h15H,5-14H2,1-4H3. The van der Waals surface area contributed by atoms with Crippen molar-refractivity contribution in [3.63, 3.8) is 0 Å². The van der Waals surface area contributed by atoms with Gasteiger partial charge in [0.1, 0.15) is 12.2 Å². The average Bonchev–Trinajstić information content (AvgIpc) is 2.56. The molecule has 1 aliphatic rings. The monoisotopic (exact) mass is 375 g/mol. The van der Waals surface area contributed by atoms with Crippen LogP contribution in [0.1, 0.15) is 40.5 Å². The molecular formula is C18H33NO7. The molecule has 1 amide bonds. The Labute approximate surface area is 156 Å². The van der Waals surface area contributed by atoms with Crippen LogP contribution in [0.15, 0.2) is 0 Å². The Hall–Kier alpha value is -1.38. The fourth-order valence-electron chi connectivity index (χ4n) is 2.38. The van der Waals surface area contributed by atoms with E-state index >= 15 is 0 Å². The molecule has 8 heteroatoms. The first-order chi connectivity index (χ1) is 12.3. The van der Waals surface area contributed by atoms with Gasteiger partial charge in [-0.25, -0.2) is 9.59 Å². The van der Waals surface area contributed by atoms with Crippen molar-refractivity contribution < 1.29 is 33.3 Å². The minimum Gasteiger partial charge on any atom is -0.464 e. The van der Waals surface area contributed by atoms with Gasteiger partial charge in [0.05, 0.1) is 39.1 Å². The van der Waals surface area contributed by atoms with Crippen molar-refractivity contribution in [2.45, 2.75) is 52.2 Å². The summed E-state index contributed by atoms with van der Waals surface area (Å²) in [5.74, 6) is -0.367. The summed E-state index contributed by atoms with van der Waals surface area (Å²) >= 11 is 0. The van der Waals surface area contributed by atoms with Crippen molar-refractivity contribution in [1.82, 2.24) is 4.90 Å². The fraction of sp³-hybridized carbons (Fsp3) is 0.889. The highest BCUT2D eigenvalue weighted by Crippen LogP contribution is 2.17. The molecule has 0 aromatic heterocycles. The molecule has 1 heterocycles. The third kappa shape index (κ3) is 10.6. The fourth-order valence-corrected chi connectivity index (χ4v) is 2.38. The number of hydrogen-bond acceptors (Lipinski definition) is 7. The largest absolute Gasteiger partial charge is 0.464 e. The van der Waals surface area contributed by atoms with Gasteiger partial charge in [0.15, 0.2) is 0 Å². The lowest BCUT2D eigenvalue weighted by atomic mass is 10.1. The number of piperidine rings is 1. The molecule has 0 saturated carbocycles. The van der Waals surface area contributed by atoms with Gasteiger partial charge in [-0.2, -0.15) is 0 Å². The lowest BCUT2D eigenvalue weighted by Crippen LogP contribution is -2.43. The summed E-state index contributed by atoms with van der Waals surface area (Å²) in [7, 11) is 0. The minimum absolute atomic E-state index is 0.0517. The van der Waals surface area contributed by atoms with E-state index in [1.54, 1.807) is 11.8 Å². The highest BCUT2D eigenvalue weighted by molar-refractivity contribution is 5.70. The van der Waals surface area contributed by atoms with Crippen LogP contribution in [0, 0.1) is 0 Å². The molecule has 0 bridgehead atoms. The lowest BCUT2D eigenvalue weighted by molar-refractivity contribution is -0.149. The maximum atomic E-state index is 12.0. The lowest BCUT2D eigenvalue weighted by Gasteiger charge is -2.33. The Kier molecular flexibility index (Phi) is 10.5. The number of rotatable bonds is 10. The van der Waals surface area contributed by atoms with E-state index in [1.807, 2.05) is 20.8 Å². The Bertz CT molecular complexity index is 414. The second-order valence-electron chi connectivity index (χ2n) is 7.01.